The highest BCUT2D eigenvalue weighted by molar-refractivity contribution is 7.99. The van der Waals surface area contributed by atoms with E-state index in [-0.39, 0.29) is 10.8 Å². The van der Waals surface area contributed by atoms with Crippen molar-refractivity contribution in [3.05, 3.63) is 5.01 Å². The number of β-amino-alcohol motifs (C(OH)–C–C–N with tert-alkyl or cyclic N) is 1. The first-order valence-corrected chi connectivity index (χ1v) is 7.52. The second-order valence-electron chi connectivity index (χ2n) is 4.62. The summed E-state index contributed by atoms with van der Waals surface area (Å²) in [6.45, 7) is 4.40. The molecule has 0 radical (unpaired) electrons. The van der Waals surface area contributed by atoms with Crippen LogP contribution in [0.5, 0.6) is 0 Å². The van der Waals surface area contributed by atoms with Crippen LogP contribution in [-0.4, -0.2) is 52.3 Å². The van der Waals surface area contributed by atoms with E-state index in [1.807, 2.05) is 6.26 Å². The van der Waals surface area contributed by atoms with E-state index < -0.39 is 6.23 Å². The minimum Gasteiger partial charge on any atom is -0.371 e. The van der Waals surface area contributed by atoms with Crippen LogP contribution in [0.25, 0.3) is 0 Å². The van der Waals surface area contributed by atoms with Crippen molar-refractivity contribution in [1.29, 1.82) is 0 Å². The van der Waals surface area contributed by atoms with Gasteiger partial charge in [-0.05, 0) is 20.1 Å². The number of amides is 2. The number of aromatic nitrogens is 2. The van der Waals surface area contributed by atoms with Crippen LogP contribution in [0.15, 0.2) is 0 Å². The maximum Gasteiger partial charge on any atom is 0.328 e. The molecule has 1 aromatic rings. The average Bonchev–Trinajstić information content (AvgIpc) is 2.86. The van der Waals surface area contributed by atoms with Crippen LogP contribution in [0.3, 0.4) is 0 Å². The summed E-state index contributed by atoms with van der Waals surface area (Å²) in [5, 5.41) is 19.3. The molecule has 18 heavy (non-hydrogen) atoms. The Morgan fingerprint density at radius 2 is 2.17 bits per heavy atom. The van der Waals surface area contributed by atoms with E-state index in [0.29, 0.717) is 11.7 Å². The predicted molar refractivity (Wildman–Crippen MR) is 73.0 cm³/mol. The van der Waals surface area contributed by atoms with Crippen molar-refractivity contribution in [2.45, 2.75) is 24.8 Å². The number of likely N-dealkylation sites (N-methyl/N-ethyl adjacent to an activating group) is 1. The second-order valence-corrected chi connectivity index (χ2v) is 7.00. The molecule has 1 N–H and O–H groups in total. The van der Waals surface area contributed by atoms with Crippen molar-refractivity contribution in [1.82, 2.24) is 15.1 Å². The van der Waals surface area contributed by atoms with E-state index in [1.54, 1.807) is 18.8 Å². The number of thioether (sulfide) groups is 1. The van der Waals surface area contributed by atoms with Gasteiger partial charge >= 0.3 is 6.03 Å². The summed E-state index contributed by atoms with van der Waals surface area (Å²) < 4.78 is -0.143. The van der Waals surface area contributed by atoms with Crippen LogP contribution in [-0.2, 0) is 4.75 Å². The number of rotatable bonds is 3. The number of carbonyl (C=O) groups excluding carboxylic acids is 1. The van der Waals surface area contributed by atoms with E-state index in [0.717, 1.165) is 5.01 Å². The Morgan fingerprint density at radius 1 is 1.50 bits per heavy atom. The molecule has 1 fully saturated rings. The van der Waals surface area contributed by atoms with Crippen molar-refractivity contribution in [2.24, 2.45) is 0 Å². The van der Waals surface area contributed by atoms with Crippen LogP contribution < -0.4 is 4.90 Å². The Kier molecular flexibility index (Phi) is 3.52. The number of urea groups is 1. The predicted octanol–water partition coefficient (Wildman–Crippen LogP) is 1.33. The first kappa shape index (κ1) is 13.6. The van der Waals surface area contributed by atoms with Crippen molar-refractivity contribution < 1.29 is 9.90 Å². The number of hydrogen-bond acceptors (Lipinski definition) is 6. The number of aliphatic hydroxyl groups excluding tert-OH is 1. The van der Waals surface area contributed by atoms with Gasteiger partial charge in [-0.15, -0.1) is 10.2 Å². The van der Waals surface area contributed by atoms with E-state index in [1.165, 1.54) is 21.1 Å². The van der Waals surface area contributed by atoms with Crippen molar-refractivity contribution >= 4 is 34.3 Å². The van der Waals surface area contributed by atoms with Crippen molar-refractivity contribution in [3.63, 3.8) is 0 Å². The Balaban J connectivity index is 2.28. The van der Waals surface area contributed by atoms with Gasteiger partial charge < -0.3 is 10.0 Å². The maximum atomic E-state index is 11.9. The number of hydrogen-bond donors (Lipinski definition) is 1. The summed E-state index contributed by atoms with van der Waals surface area (Å²) >= 11 is 3.02. The highest BCUT2D eigenvalue weighted by Crippen LogP contribution is 2.38. The first-order chi connectivity index (χ1) is 8.36. The zero-order chi connectivity index (χ0) is 13.5. The van der Waals surface area contributed by atoms with Gasteiger partial charge in [0.15, 0.2) is 6.23 Å². The maximum absolute atomic E-state index is 11.9. The van der Waals surface area contributed by atoms with E-state index in [2.05, 4.69) is 24.0 Å². The van der Waals surface area contributed by atoms with E-state index in [9.17, 15) is 9.90 Å². The molecule has 6 nitrogen and oxygen atoms in total. The SMILES string of the molecule is CSC(C)(C)c1nnc(N2C(=O)N(C)CC2O)s1. The summed E-state index contributed by atoms with van der Waals surface area (Å²) in [6, 6.07) is -0.243. The molecule has 0 saturated carbocycles. The van der Waals surface area contributed by atoms with Crippen LogP contribution in [0, 0.1) is 0 Å². The fourth-order valence-corrected chi connectivity index (χ4v) is 3.04. The molecule has 2 rings (SSSR count). The zero-order valence-corrected chi connectivity index (χ0v) is 12.4. The smallest absolute Gasteiger partial charge is 0.328 e. The van der Waals surface area contributed by atoms with Gasteiger partial charge in [0, 0.05) is 7.05 Å². The Bertz CT molecular complexity index is 462. The highest BCUT2D eigenvalue weighted by Gasteiger charge is 2.38. The molecule has 1 unspecified atom stereocenters. The van der Waals surface area contributed by atoms with Gasteiger partial charge in [-0.1, -0.05) is 11.3 Å². The van der Waals surface area contributed by atoms with Crippen LogP contribution >= 0.6 is 23.1 Å². The molecular weight excluding hydrogens is 272 g/mol. The zero-order valence-electron chi connectivity index (χ0n) is 10.7. The fraction of sp³-hybridized carbons (Fsp3) is 0.700. The van der Waals surface area contributed by atoms with E-state index >= 15 is 0 Å². The minimum atomic E-state index is -0.847. The lowest BCUT2D eigenvalue weighted by Gasteiger charge is -2.18. The third-order valence-corrected chi connectivity index (χ3v) is 5.50. The standard InChI is InChI=1S/C10H16N4O2S2/c1-10(2,17-4)7-11-12-8(18-7)14-6(15)5-13(3)9(14)16/h6,15H,5H2,1-4H3. The third kappa shape index (κ3) is 2.19. The van der Waals surface area contributed by atoms with Gasteiger partial charge in [0.05, 0.1) is 11.3 Å². The van der Waals surface area contributed by atoms with Crippen LogP contribution in [0.1, 0.15) is 18.9 Å². The Labute approximate surface area is 114 Å². The topological polar surface area (TPSA) is 69.6 Å². The summed E-state index contributed by atoms with van der Waals surface area (Å²) in [6.07, 6.45) is 1.16. The van der Waals surface area contributed by atoms with Gasteiger partial charge in [0.1, 0.15) is 5.01 Å². The van der Waals surface area contributed by atoms with Gasteiger partial charge in [-0.3, -0.25) is 0 Å². The number of carbonyl (C=O) groups is 1. The molecule has 2 heterocycles. The molecule has 2 amide bonds. The molecule has 0 spiro atoms. The number of anilines is 1. The second kappa shape index (κ2) is 4.67. The summed E-state index contributed by atoms with van der Waals surface area (Å²) in [5.74, 6) is 0. The minimum absolute atomic E-state index is 0.143. The molecule has 8 heteroatoms. The lowest BCUT2D eigenvalue weighted by molar-refractivity contribution is 0.183. The summed E-state index contributed by atoms with van der Waals surface area (Å²) in [7, 11) is 1.65. The van der Waals surface area contributed by atoms with Crippen LogP contribution in [0.4, 0.5) is 9.93 Å². The lowest BCUT2D eigenvalue weighted by Crippen LogP contribution is -2.34. The molecule has 0 aliphatic carbocycles. The molecule has 1 aromatic heterocycles. The number of nitrogens with zero attached hydrogens (tertiary/aromatic N) is 4. The summed E-state index contributed by atoms with van der Waals surface area (Å²) in [5.41, 5.74) is 0. The van der Waals surface area contributed by atoms with Crippen molar-refractivity contribution in [3.8, 4) is 0 Å². The molecule has 0 bridgehead atoms. The normalized spacial score (nSPS) is 20.9. The van der Waals surface area contributed by atoms with Gasteiger partial charge in [0.25, 0.3) is 0 Å². The Morgan fingerprint density at radius 3 is 2.67 bits per heavy atom. The third-order valence-electron chi connectivity index (χ3n) is 2.91. The molecule has 0 aromatic carbocycles. The van der Waals surface area contributed by atoms with Crippen LogP contribution in [0.2, 0.25) is 0 Å². The van der Waals surface area contributed by atoms with Gasteiger partial charge in [-0.2, -0.15) is 11.8 Å². The molecule has 1 aliphatic heterocycles. The quantitative estimate of drug-likeness (QED) is 0.908. The average molecular weight is 288 g/mol. The lowest BCUT2D eigenvalue weighted by atomic mass is 10.2. The monoisotopic (exact) mass is 288 g/mol. The molecule has 1 saturated heterocycles. The first-order valence-electron chi connectivity index (χ1n) is 5.48. The molecular formula is C10H16N4O2S2. The molecule has 100 valence electrons. The summed E-state index contributed by atoms with van der Waals surface area (Å²) in [4.78, 5) is 14.6. The van der Waals surface area contributed by atoms with Gasteiger partial charge in [0.2, 0.25) is 5.13 Å². The Hall–Kier alpha value is -0.860. The molecule has 1 aliphatic rings. The van der Waals surface area contributed by atoms with E-state index in [4.69, 9.17) is 0 Å². The highest BCUT2D eigenvalue weighted by atomic mass is 32.2. The molecule has 1 atom stereocenters. The fourth-order valence-electron chi connectivity index (χ4n) is 1.57. The largest absolute Gasteiger partial charge is 0.371 e. The van der Waals surface area contributed by atoms with Gasteiger partial charge in [-0.25, -0.2) is 9.69 Å². The number of aliphatic hydroxyl groups is 1. The van der Waals surface area contributed by atoms with Crippen molar-refractivity contribution in [2.75, 3.05) is 24.7 Å².